The second-order valence-corrected chi connectivity index (χ2v) is 10.9. The molecule has 2 atom stereocenters. The number of carbonyl (C=O) groups is 2. The fraction of sp³-hybridized carbons (Fsp3) is 0.238. The molecule has 0 aliphatic heterocycles. The molecule has 1 heterocycles. The van der Waals surface area contributed by atoms with Crippen molar-refractivity contribution in [2.75, 3.05) is 5.32 Å². The van der Waals surface area contributed by atoms with Gasteiger partial charge in [0.05, 0.1) is 10.5 Å². The summed E-state index contributed by atoms with van der Waals surface area (Å²) < 4.78 is 67.6. The van der Waals surface area contributed by atoms with E-state index in [0.29, 0.717) is 15.6 Å². The summed E-state index contributed by atoms with van der Waals surface area (Å²) in [6.07, 6.45) is -4.88. The first-order valence-corrected chi connectivity index (χ1v) is 13.0. The van der Waals surface area contributed by atoms with Crippen LogP contribution in [0.5, 0.6) is 0 Å². The van der Waals surface area contributed by atoms with E-state index in [1.54, 1.807) is 30.3 Å². The van der Waals surface area contributed by atoms with Crippen molar-refractivity contribution in [2.45, 2.75) is 36.5 Å². The fourth-order valence-electron chi connectivity index (χ4n) is 3.01. The topological polar surface area (TPSA) is 133 Å². The van der Waals surface area contributed by atoms with Gasteiger partial charge in [0, 0.05) is 0 Å². The summed E-state index contributed by atoms with van der Waals surface area (Å²) in [7, 11) is -4.54. The number of carbonyl (C=O) groups excluding carboxylic acids is 2. The first-order valence-electron chi connectivity index (χ1n) is 10.3. The number of aromatic nitrogens is 2. The van der Waals surface area contributed by atoms with Gasteiger partial charge in [-0.25, -0.2) is 8.42 Å². The average Bonchev–Trinajstić information content (AvgIpc) is 3.23. The van der Waals surface area contributed by atoms with Crippen LogP contribution in [-0.2, 0) is 32.2 Å². The zero-order valence-corrected chi connectivity index (χ0v) is 20.9. The number of rotatable bonds is 9. The van der Waals surface area contributed by atoms with Crippen LogP contribution in [0.25, 0.3) is 0 Å². The first kappa shape index (κ1) is 27.4. The van der Waals surface area contributed by atoms with Gasteiger partial charge < -0.3 is 5.32 Å². The van der Waals surface area contributed by atoms with Crippen LogP contribution in [0.15, 0.2) is 59.5 Å². The summed E-state index contributed by atoms with van der Waals surface area (Å²) in [6, 6.07) is 9.02. The molecule has 0 saturated heterocycles. The molecule has 15 heteroatoms. The highest BCUT2D eigenvalue weighted by atomic mass is 32.2. The molecule has 0 fully saturated rings. The zero-order valence-electron chi connectivity index (χ0n) is 18.5. The monoisotopic (exact) mass is 559 g/mol. The molecule has 1 aromatic heterocycles. The number of hydrogen-bond acceptors (Lipinski definition) is 7. The van der Waals surface area contributed by atoms with E-state index in [1.807, 2.05) is 0 Å². The second-order valence-electron chi connectivity index (χ2n) is 7.53. The normalized spacial score (nSPS) is 13.6. The summed E-state index contributed by atoms with van der Waals surface area (Å²) in [6.45, 7) is 1.38. The van der Waals surface area contributed by atoms with E-state index in [-0.39, 0.29) is 11.6 Å². The van der Waals surface area contributed by atoms with Crippen molar-refractivity contribution >= 4 is 50.5 Å². The zero-order chi connectivity index (χ0) is 26.5. The summed E-state index contributed by atoms with van der Waals surface area (Å²) >= 11 is 5.89. The summed E-state index contributed by atoms with van der Waals surface area (Å²) in [5, 5.41) is 11.3. The number of benzene rings is 2. The number of nitrogens with zero attached hydrogens (tertiary/aromatic N) is 1. The van der Waals surface area contributed by atoms with Crippen molar-refractivity contribution in [1.82, 2.24) is 20.2 Å². The average molecular weight is 560 g/mol. The van der Waals surface area contributed by atoms with Crippen molar-refractivity contribution in [3.8, 4) is 0 Å². The van der Waals surface area contributed by atoms with Gasteiger partial charge in [0.15, 0.2) is 3.95 Å². The van der Waals surface area contributed by atoms with Gasteiger partial charge in [0.1, 0.15) is 12.1 Å². The Morgan fingerprint density at radius 1 is 1.11 bits per heavy atom. The molecule has 2 amide bonds. The van der Waals surface area contributed by atoms with Crippen molar-refractivity contribution in [3.63, 3.8) is 0 Å². The van der Waals surface area contributed by atoms with Crippen LogP contribution >= 0.6 is 23.6 Å². The molecular formula is C21H20F3N5O4S3. The van der Waals surface area contributed by atoms with E-state index in [2.05, 4.69) is 25.6 Å². The van der Waals surface area contributed by atoms with Gasteiger partial charge in [0.2, 0.25) is 27.0 Å². The van der Waals surface area contributed by atoms with Crippen molar-refractivity contribution in [1.29, 1.82) is 0 Å². The molecule has 3 rings (SSSR count). The number of nitrogens with one attached hydrogen (secondary N) is 4. The minimum Gasteiger partial charge on any atom is -0.343 e. The maximum absolute atomic E-state index is 13.1. The lowest BCUT2D eigenvalue weighted by atomic mass is 10.1. The van der Waals surface area contributed by atoms with Crippen LogP contribution in [0.3, 0.4) is 0 Å². The molecule has 0 saturated carbocycles. The second kappa shape index (κ2) is 11.3. The molecule has 0 bridgehead atoms. The van der Waals surface area contributed by atoms with Gasteiger partial charge in [-0.3, -0.25) is 20.0 Å². The molecule has 0 radical (unpaired) electrons. The highest BCUT2D eigenvalue weighted by molar-refractivity contribution is 7.89. The van der Waals surface area contributed by atoms with Crippen molar-refractivity contribution in [3.05, 3.63) is 69.7 Å². The Morgan fingerprint density at radius 3 is 2.42 bits per heavy atom. The quantitative estimate of drug-likeness (QED) is 0.298. The standard InChI is InChI=1S/C21H20F3N5O4S3/c1-12(17(30)26-19-27-28-20(34)35-19)25-18(31)16(10-13-6-3-2-4-7-13)29-36(32,33)15-9-5-8-14(11-15)21(22,23)24/h2-9,11-12,16,29H,10H2,1H3,(H,25,31)(H,28,34)(H,26,27,30). The van der Waals surface area contributed by atoms with Crippen LogP contribution in [0.2, 0.25) is 0 Å². The molecule has 2 unspecified atom stereocenters. The molecule has 36 heavy (non-hydrogen) atoms. The third-order valence-electron chi connectivity index (χ3n) is 4.79. The smallest absolute Gasteiger partial charge is 0.343 e. The molecule has 192 valence electrons. The van der Waals surface area contributed by atoms with Gasteiger partial charge in [0.25, 0.3) is 0 Å². The van der Waals surface area contributed by atoms with Gasteiger partial charge in [-0.2, -0.15) is 17.9 Å². The van der Waals surface area contributed by atoms with Crippen molar-refractivity contribution in [2.24, 2.45) is 0 Å². The highest BCUT2D eigenvalue weighted by Crippen LogP contribution is 2.30. The Morgan fingerprint density at radius 2 is 1.81 bits per heavy atom. The number of hydrogen-bond donors (Lipinski definition) is 4. The lowest BCUT2D eigenvalue weighted by Crippen LogP contribution is -2.52. The number of sulfonamides is 1. The molecule has 0 aliphatic carbocycles. The number of alkyl halides is 3. The Labute approximate surface area is 213 Å². The third-order valence-corrected chi connectivity index (χ3v) is 7.26. The van der Waals surface area contributed by atoms with E-state index in [4.69, 9.17) is 12.2 Å². The number of amides is 2. The van der Waals surface area contributed by atoms with Crippen LogP contribution in [-0.4, -0.2) is 42.5 Å². The van der Waals surface area contributed by atoms with Crippen LogP contribution in [0, 0.1) is 3.95 Å². The van der Waals surface area contributed by atoms with Crippen LogP contribution in [0.4, 0.5) is 18.3 Å². The Bertz CT molecular complexity index is 1390. The van der Waals surface area contributed by atoms with E-state index in [1.165, 1.54) is 6.92 Å². The van der Waals surface area contributed by atoms with Gasteiger partial charge >= 0.3 is 6.18 Å². The molecule has 4 N–H and O–H groups in total. The third kappa shape index (κ3) is 7.43. The highest BCUT2D eigenvalue weighted by Gasteiger charge is 2.33. The predicted molar refractivity (Wildman–Crippen MR) is 129 cm³/mol. The lowest BCUT2D eigenvalue weighted by molar-refractivity contribution is -0.137. The summed E-state index contributed by atoms with van der Waals surface area (Å²) in [4.78, 5) is 24.8. The van der Waals surface area contributed by atoms with Gasteiger partial charge in [-0.1, -0.05) is 47.7 Å². The molecule has 0 spiro atoms. The molecule has 3 aromatic rings. The molecule has 9 nitrogen and oxygen atoms in total. The predicted octanol–water partition coefficient (Wildman–Crippen LogP) is 3.25. The van der Waals surface area contributed by atoms with Gasteiger partial charge in [-0.15, -0.1) is 5.10 Å². The summed E-state index contributed by atoms with van der Waals surface area (Å²) in [5.74, 6) is -1.49. The van der Waals surface area contributed by atoms with Crippen LogP contribution in [0.1, 0.15) is 18.1 Å². The fourth-order valence-corrected chi connectivity index (χ4v) is 5.04. The Hall–Kier alpha value is -3.14. The number of anilines is 1. The first-order chi connectivity index (χ1) is 16.8. The van der Waals surface area contributed by atoms with E-state index >= 15 is 0 Å². The molecule has 2 aromatic carbocycles. The molecule has 0 aliphatic rings. The largest absolute Gasteiger partial charge is 0.416 e. The Balaban J connectivity index is 1.81. The van der Waals surface area contributed by atoms with Gasteiger partial charge in [-0.05, 0) is 49.3 Å². The number of H-pyrrole nitrogens is 1. The lowest BCUT2D eigenvalue weighted by Gasteiger charge is -2.21. The SMILES string of the molecule is CC(NC(=O)C(Cc1ccccc1)NS(=O)(=O)c1cccc(C(F)(F)F)c1)C(=O)Nc1n[nH]c(=S)s1. The number of aromatic amines is 1. The Kier molecular flexibility index (Phi) is 8.60. The minimum atomic E-state index is -4.75. The van der Waals surface area contributed by atoms with E-state index in [0.717, 1.165) is 29.5 Å². The van der Waals surface area contributed by atoms with E-state index < -0.39 is 50.6 Å². The molecular weight excluding hydrogens is 539 g/mol. The van der Waals surface area contributed by atoms with E-state index in [9.17, 15) is 31.2 Å². The van der Waals surface area contributed by atoms with Crippen molar-refractivity contribution < 1.29 is 31.2 Å². The maximum atomic E-state index is 13.1. The maximum Gasteiger partial charge on any atom is 0.416 e. The number of halogens is 3. The van der Waals surface area contributed by atoms with Crippen LogP contribution < -0.4 is 15.4 Å². The minimum absolute atomic E-state index is 0.125. The summed E-state index contributed by atoms with van der Waals surface area (Å²) in [5.41, 5.74) is -0.570.